The van der Waals surface area contributed by atoms with Gasteiger partial charge in [0.15, 0.2) is 4.67 Å². The Labute approximate surface area is 108 Å². The number of rotatable bonds is 3. The summed E-state index contributed by atoms with van der Waals surface area (Å²) in [6.07, 6.45) is 1.71. The number of hydrogen-bond donors (Lipinski definition) is 1. The molecule has 86 valence electrons. The highest BCUT2D eigenvalue weighted by atomic mass is 79.9. The van der Waals surface area contributed by atoms with Crippen LogP contribution in [0, 0.1) is 13.8 Å². The fourth-order valence-corrected chi connectivity index (χ4v) is 3.52. The van der Waals surface area contributed by atoms with Crippen molar-refractivity contribution in [3.8, 4) is 0 Å². The van der Waals surface area contributed by atoms with Crippen LogP contribution in [0.1, 0.15) is 26.9 Å². The molecular formula is C12H14BrNOS. The lowest BCUT2D eigenvalue weighted by molar-refractivity contribution is 0.530. The van der Waals surface area contributed by atoms with E-state index in [0.717, 1.165) is 10.2 Å². The molecule has 0 bridgehead atoms. The van der Waals surface area contributed by atoms with Crippen LogP contribution in [0.2, 0.25) is 0 Å². The van der Waals surface area contributed by atoms with E-state index in [1.54, 1.807) is 6.26 Å². The molecule has 0 spiro atoms. The molecular weight excluding hydrogens is 286 g/mol. The van der Waals surface area contributed by atoms with E-state index < -0.39 is 0 Å². The van der Waals surface area contributed by atoms with Gasteiger partial charge in [-0.1, -0.05) is 0 Å². The molecule has 2 aromatic heterocycles. The zero-order valence-corrected chi connectivity index (χ0v) is 11.9. The molecule has 1 atom stereocenters. The van der Waals surface area contributed by atoms with E-state index in [2.05, 4.69) is 41.2 Å². The molecule has 0 fully saturated rings. The van der Waals surface area contributed by atoms with Gasteiger partial charge in [-0.25, -0.2) is 0 Å². The van der Waals surface area contributed by atoms with Crippen molar-refractivity contribution in [1.29, 1.82) is 0 Å². The number of furan rings is 1. The molecule has 2 rings (SSSR count). The Morgan fingerprint density at radius 3 is 2.62 bits per heavy atom. The Balaban J connectivity index is 2.44. The van der Waals surface area contributed by atoms with E-state index in [-0.39, 0.29) is 6.04 Å². The second kappa shape index (κ2) is 4.73. The number of aryl methyl sites for hydroxylation is 2. The van der Waals surface area contributed by atoms with Gasteiger partial charge in [0, 0.05) is 15.3 Å². The number of hydrogen-bond acceptors (Lipinski definition) is 3. The number of halogens is 1. The van der Waals surface area contributed by atoms with Crippen molar-refractivity contribution in [3.63, 3.8) is 0 Å². The molecule has 0 aliphatic heterocycles. The zero-order valence-electron chi connectivity index (χ0n) is 9.50. The first kappa shape index (κ1) is 11.9. The van der Waals surface area contributed by atoms with E-state index in [0.29, 0.717) is 0 Å². The first-order chi connectivity index (χ1) is 7.63. The fraction of sp³-hybridized carbons (Fsp3) is 0.333. The van der Waals surface area contributed by atoms with Crippen LogP contribution in [0.4, 0.5) is 0 Å². The van der Waals surface area contributed by atoms with Gasteiger partial charge in [0.05, 0.1) is 12.3 Å². The van der Waals surface area contributed by atoms with Crippen molar-refractivity contribution < 1.29 is 4.42 Å². The van der Waals surface area contributed by atoms with Gasteiger partial charge < -0.3 is 9.73 Å². The van der Waals surface area contributed by atoms with E-state index in [9.17, 15) is 0 Å². The van der Waals surface area contributed by atoms with Crippen LogP contribution in [0.15, 0.2) is 27.5 Å². The SMILES string of the molecule is CNC(c1ccoc1Br)c1sc(C)cc1C. The lowest BCUT2D eigenvalue weighted by Gasteiger charge is -2.14. The standard InChI is InChI=1S/C12H14BrNOS/c1-7-6-8(2)16-11(7)10(14-3)9-4-5-15-12(9)13/h4-6,10,14H,1-3H3. The third-order valence-corrected chi connectivity index (χ3v) is 4.45. The average molecular weight is 300 g/mol. The topological polar surface area (TPSA) is 25.2 Å². The van der Waals surface area contributed by atoms with Gasteiger partial charge in [0.2, 0.25) is 0 Å². The molecule has 0 radical (unpaired) electrons. The molecule has 0 aromatic carbocycles. The Kier molecular flexibility index (Phi) is 3.52. The van der Waals surface area contributed by atoms with Crippen molar-refractivity contribution in [2.45, 2.75) is 19.9 Å². The molecule has 2 nitrogen and oxygen atoms in total. The molecule has 0 aliphatic rings. The van der Waals surface area contributed by atoms with Crippen LogP contribution >= 0.6 is 27.3 Å². The molecule has 16 heavy (non-hydrogen) atoms. The normalized spacial score (nSPS) is 13.0. The van der Waals surface area contributed by atoms with Crippen molar-refractivity contribution in [1.82, 2.24) is 5.32 Å². The highest BCUT2D eigenvalue weighted by Crippen LogP contribution is 2.35. The van der Waals surface area contributed by atoms with Gasteiger partial charge >= 0.3 is 0 Å². The molecule has 4 heteroatoms. The Morgan fingerprint density at radius 1 is 1.44 bits per heavy atom. The summed E-state index contributed by atoms with van der Waals surface area (Å²) in [5.41, 5.74) is 2.47. The van der Waals surface area contributed by atoms with Gasteiger partial charge in [-0.05, 0) is 54.5 Å². The lowest BCUT2D eigenvalue weighted by Crippen LogP contribution is -2.17. The van der Waals surface area contributed by atoms with Crippen LogP contribution in [0.3, 0.4) is 0 Å². The fourth-order valence-electron chi connectivity index (χ4n) is 1.88. The minimum atomic E-state index is 0.201. The first-order valence-corrected chi connectivity index (χ1v) is 6.71. The monoisotopic (exact) mass is 299 g/mol. The Hall–Kier alpha value is -0.580. The predicted molar refractivity (Wildman–Crippen MR) is 71.1 cm³/mol. The molecule has 0 amide bonds. The zero-order chi connectivity index (χ0) is 11.7. The van der Waals surface area contributed by atoms with Crippen LogP contribution in [0.25, 0.3) is 0 Å². The number of thiophene rings is 1. The summed E-state index contributed by atoms with van der Waals surface area (Å²) in [6.45, 7) is 4.29. The predicted octanol–water partition coefficient (Wildman–Crippen LogP) is 4.03. The lowest BCUT2D eigenvalue weighted by atomic mass is 10.1. The molecule has 0 saturated carbocycles. The van der Waals surface area contributed by atoms with E-state index in [1.807, 2.05) is 24.5 Å². The highest BCUT2D eigenvalue weighted by Gasteiger charge is 2.20. The minimum absolute atomic E-state index is 0.201. The molecule has 0 aliphatic carbocycles. The highest BCUT2D eigenvalue weighted by molar-refractivity contribution is 9.10. The quantitative estimate of drug-likeness (QED) is 0.926. The van der Waals surface area contributed by atoms with E-state index in [4.69, 9.17) is 4.42 Å². The van der Waals surface area contributed by atoms with E-state index in [1.165, 1.54) is 15.3 Å². The summed E-state index contributed by atoms with van der Waals surface area (Å²) in [5.74, 6) is 0. The van der Waals surface area contributed by atoms with Crippen molar-refractivity contribution in [2.75, 3.05) is 7.05 Å². The van der Waals surface area contributed by atoms with Crippen LogP contribution < -0.4 is 5.32 Å². The van der Waals surface area contributed by atoms with Crippen molar-refractivity contribution >= 4 is 27.3 Å². The Morgan fingerprint density at radius 2 is 2.19 bits per heavy atom. The third-order valence-electron chi connectivity index (χ3n) is 2.59. The van der Waals surface area contributed by atoms with Crippen LogP contribution in [-0.4, -0.2) is 7.05 Å². The van der Waals surface area contributed by atoms with Crippen molar-refractivity contribution in [2.24, 2.45) is 0 Å². The summed E-state index contributed by atoms with van der Waals surface area (Å²) in [4.78, 5) is 2.69. The summed E-state index contributed by atoms with van der Waals surface area (Å²) in [6, 6.07) is 4.42. The molecule has 1 unspecified atom stereocenters. The van der Waals surface area contributed by atoms with Gasteiger partial charge in [-0.3, -0.25) is 0 Å². The maximum absolute atomic E-state index is 5.30. The van der Waals surface area contributed by atoms with Gasteiger partial charge in [0.1, 0.15) is 0 Å². The molecule has 1 N–H and O–H groups in total. The summed E-state index contributed by atoms with van der Waals surface area (Å²) in [7, 11) is 1.97. The summed E-state index contributed by atoms with van der Waals surface area (Å²) in [5, 5.41) is 3.34. The third kappa shape index (κ3) is 2.10. The maximum Gasteiger partial charge on any atom is 0.174 e. The molecule has 2 aromatic rings. The van der Waals surface area contributed by atoms with Crippen LogP contribution in [0.5, 0.6) is 0 Å². The summed E-state index contributed by atoms with van der Waals surface area (Å²) >= 11 is 5.26. The maximum atomic E-state index is 5.30. The van der Waals surface area contributed by atoms with Gasteiger partial charge in [-0.2, -0.15) is 0 Å². The van der Waals surface area contributed by atoms with Gasteiger partial charge in [-0.15, -0.1) is 11.3 Å². The van der Waals surface area contributed by atoms with Gasteiger partial charge in [0.25, 0.3) is 0 Å². The molecule has 0 saturated heterocycles. The Bertz CT molecular complexity index is 489. The smallest absolute Gasteiger partial charge is 0.174 e. The largest absolute Gasteiger partial charge is 0.457 e. The summed E-state index contributed by atoms with van der Waals surface area (Å²) < 4.78 is 6.10. The van der Waals surface area contributed by atoms with E-state index >= 15 is 0 Å². The van der Waals surface area contributed by atoms with Crippen molar-refractivity contribution in [3.05, 3.63) is 43.9 Å². The second-order valence-corrected chi connectivity index (χ2v) is 5.78. The molecule has 2 heterocycles. The number of nitrogens with one attached hydrogen (secondary N) is 1. The van der Waals surface area contributed by atoms with Crippen LogP contribution in [-0.2, 0) is 0 Å². The average Bonchev–Trinajstić information content (AvgIpc) is 2.77. The first-order valence-electron chi connectivity index (χ1n) is 5.10. The second-order valence-electron chi connectivity index (χ2n) is 3.78. The minimum Gasteiger partial charge on any atom is -0.457 e.